The zero-order valence-electron chi connectivity index (χ0n) is 17.7. The molecule has 3 aromatic rings. The van der Waals surface area contributed by atoms with Gasteiger partial charge in [0.2, 0.25) is 0 Å². The molecule has 0 aliphatic carbocycles. The van der Waals surface area contributed by atoms with Crippen LogP contribution in [0.4, 0.5) is 15.8 Å². The van der Waals surface area contributed by atoms with Gasteiger partial charge >= 0.3 is 0 Å². The first-order valence-corrected chi connectivity index (χ1v) is 10.2. The lowest BCUT2D eigenvalue weighted by Crippen LogP contribution is -2.32. The standard InChI is InChI=1S/C25H20ClFN2O3/c1-14-4-11-21(32-3)20(12-14)29-24(30)22(16-6-8-17(27)9-7-16)23(25(29)31)28-18-10-5-15(2)19(26)13-18/h4-13,28H,1-3H3. The average Bonchev–Trinajstić information content (AvgIpc) is 3.00. The summed E-state index contributed by atoms with van der Waals surface area (Å²) in [6.45, 7) is 3.72. The Morgan fingerprint density at radius 3 is 2.31 bits per heavy atom. The van der Waals surface area contributed by atoms with E-state index in [0.29, 0.717) is 27.7 Å². The highest BCUT2D eigenvalue weighted by Gasteiger charge is 2.41. The zero-order chi connectivity index (χ0) is 23.0. The van der Waals surface area contributed by atoms with Crippen molar-refractivity contribution in [3.8, 4) is 5.75 Å². The monoisotopic (exact) mass is 450 g/mol. The predicted molar refractivity (Wildman–Crippen MR) is 123 cm³/mol. The minimum Gasteiger partial charge on any atom is -0.495 e. The molecule has 4 rings (SSSR count). The fourth-order valence-corrected chi connectivity index (χ4v) is 3.72. The Kier molecular flexibility index (Phi) is 5.72. The maximum atomic E-state index is 13.5. The molecule has 0 aromatic heterocycles. The van der Waals surface area contributed by atoms with Gasteiger partial charge in [-0.3, -0.25) is 9.59 Å². The quantitative estimate of drug-likeness (QED) is 0.521. The summed E-state index contributed by atoms with van der Waals surface area (Å²) in [5.41, 5.74) is 3.25. The van der Waals surface area contributed by atoms with Crippen molar-refractivity contribution >= 4 is 40.4 Å². The van der Waals surface area contributed by atoms with Crippen molar-refractivity contribution in [2.24, 2.45) is 0 Å². The molecule has 162 valence electrons. The normalized spacial score (nSPS) is 13.7. The van der Waals surface area contributed by atoms with E-state index in [0.717, 1.165) is 16.0 Å². The number of halogens is 2. The lowest BCUT2D eigenvalue weighted by Gasteiger charge is -2.19. The van der Waals surface area contributed by atoms with E-state index < -0.39 is 17.6 Å². The maximum absolute atomic E-state index is 13.5. The van der Waals surface area contributed by atoms with E-state index >= 15 is 0 Å². The molecule has 0 bridgehead atoms. The molecular weight excluding hydrogens is 431 g/mol. The number of carbonyl (C=O) groups excluding carboxylic acids is 2. The Morgan fingerprint density at radius 2 is 1.66 bits per heavy atom. The number of hydrogen-bond acceptors (Lipinski definition) is 4. The molecule has 1 heterocycles. The van der Waals surface area contributed by atoms with E-state index in [1.807, 2.05) is 26.0 Å². The van der Waals surface area contributed by atoms with Crippen LogP contribution in [-0.4, -0.2) is 18.9 Å². The summed E-state index contributed by atoms with van der Waals surface area (Å²) >= 11 is 6.24. The number of rotatable bonds is 5. The molecule has 3 aromatic carbocycles. The summed E-state index contributed by atoms with van der Waals surface area (Å²) in [5, 5.41) is 3.57. The second kappa shape index (κ2) is 8.48. The molecule has 0 saturated carbocycles. The molecule has 32 heavy (non-hydrogen) atoms. The smallest absolute Gasteiger partial charge is 0.282 e. The van der Waals surface area contributed by atoms with Gasteiger partial charge in [-0.1, -0.05) is 35.9 Å². The first-order chi connectivity index (χ1) is 15.3. The van der Waals surface area contributed by atoms with Gasteiger partial charge in [-0.15, -0.1) is 0 Å². The molecule has 1 N–H and O–H groups in total. The fraction of sp³-hybridized carbons (Fsp3) is 0.120. The summed E-state index contributed by atoms with van der Waals surface area (Å²) in [6.07, 6.45) is 0. The molecule has 2 amide bonds. The number of ether oxygens (including phenoxy) is 1. The van der Waals surface area contributed by atoms with Crippen LogP contribution >= 0.6 is 11.6 Å². The minimum atomic E-state index is -0.546. The van der Waals surface area contributed by atoms with Gasteiger partial charge in [0.15, 0.2) is 0 Å². The van der Waals surface area contributed by atoms with Crippen molar-refractivity contribution in [3.05, 3.63) is 93.9 Å². The van der Waals surface area contributed by atoms with Gasteiger partial charge in [-0.2, -0.15) is 0 Å². The summed E-state index contributed by atoms with van der Waals surface area (Å²) < 4.78 is 18.9. The number of carbonyl (C=O) groups is 2. The van der Waals surface area contributed by atoms with E-state index in [-0.39, 0.29) is 11.3 Å². The topological polar surface area (TPSA) is 58.6 Å². The zero-order valence-corrected chi connectivity index (χ0v) is 18.5. The van der Waals surface area contributed by atoms with Crippen molar-refractivity contribution in [2.75, 3.05) is 17.3 Å². The van der Waals surface area contributed by atoms with Crippen LogP contribution in [0.15, 0.2) is 66.4 Å². The highest BCUT2D eigenvalue weighted by Crippen LogP contribution is 2.38. The Labute approximate surface area is 190 Å². The minimum absolute atomic E-state index is 0.0742. The predicted octanol–water partition coefficient (Wildman–Crippen LogP) is 5.50. The SMILES string of the molecule is COc1ccc(C)cc1N1C(=O)C(Nc2ccc(C)c(Cl)c2)=C(c2ccc(F)cc2)C1=O. The number of methoxy groups -OCH3 is 1. The molecule has 1 aliphatic heterocycles. The number of benzene rings is 3. The van der Waals surface area contributed by atoms with Crippen LogP contribution in [0.1, 0.15) is 16.7 Å². The van der Waals surface area contributed by atoms with E-state index in [1.165, 1.54) is 31.4 Å². The van der Waals surface area contributed by atoms with Gasteiger partial charge in [0.1, 0.15) is 17.3 Å². The Morgan fingerprint density at radius 1 is 0.938 bits per heavy atom. The largest absolute Gasteiger partial charge is 0.495 e. The van der Waals surface area contributed by atoms with Gasteiger partial charge in [-0.25, -0.2) is 9.29 Å². The van der Waals surface area contributed by atoms with Crippen molar-refractivity contribution in [1.82, 2.24) is 0 Å². The van der Waals surface area contributed by atoms with Crippen LogP contribution < -0.4 is 15.0 Å². The number of anilines is 2. The molecule has 0 saturated heterocycles. The molecule has 0 fully saturated rings. The first kappa shape index (κ1) is 21.6. The van der Waals surface area contributed by atoms with Crippen LogP contribution in [0, 0.1) is 19.7 Å². The molecule has 0 spiro atoms. The number of imide groups is 1. The molecule has 5 nitrogen and oxygen atoms in total. The van der Waals surface area contributed by atoms with Crippen LogP contribution in [-0.2, 0) is 9.59 Å². The number of nitrogens with zero attached hydrogens (tertiary/aromatic N) is 1. The van der Waals surface area contributed by atoms with Crippen molar-refractivity contribution < 1.29 is 18.7 Å². The van der Waals surface area contributed by atoms with Gasteiger partial charge in [0, 0.05) is 10.7 Å². The summed E-state index contributed by atoms with van der Waals surface area (Å²) in [6, 6.07) is 15.9. The van der Waals surface area contributed by atoms with E-state index in [2.05, 4.69) is 5.32 Å². The van der Waals surface area contributed by atoms with Crippen molar-refractivity contribution in [1.29, 1.82) is 0 Å². The van der Waals surface area contributed by atoms with Gasteiger partial charge in [-0.05, 0) is 66.9 Å². The first-order valence-electron chi connectivity index (χ1n) is 9.87. The maximum Gasteiger partial charge on any atom is 0.282 e. The average molecular weight is 451 g/mol. The molecular formula is C25H20ClFN2O3. The Hall–Kier alpha value is -3.64. The van der Waals surface area contributed by atoms with Crippen molar-refractivity contribution in [3.63, 3.8) is 0 Å². The van der Waals surface area contributed by atoms with Crippen LogP contribution in [0.5, 0.6) is 5.75 Å². The second-order valence-electron chi connectivity index (χ2n) is 7.47. The van der Waals surface area contributed by atoms with Gasteiger partial charge in [0.05, 0.1) is 18.4 Å². The highest BCUT2D eigenvalue weighted by molar-refractivity contribution is 6.46. The van der Waals surface area contributed by atoms with Crippen LogP contribution in [0.3, 0.4) is 0 Å². The third-order valence-corrected chi connectivity index (χ3v) is 5.64. The van der Waals surface area contributed by atoms with E-state index in [9.17, 15) is 14.0 Å². The van der Waals surface area contributed by atoms with Gasteiger partial charge < -0.3 is 10.1 Å². The number of nitrogens with one attached hydrogen (secondary N) is 1. The second-order valence-corrected chi connectivity index (χ2v) is 7.87. The lowest BCUT2D eigenvalue weighted by atomic mass is 10.0. The molecule has 0 atom stereocenters. The van der Waals surface area contributed by atoms with Crippen molar-refractivity contribution in [2.45, 2.75) is 13.8 Å². The highest BCUT2D eigenvalue weighted by atomic mass is 35.5. The third kappa shape index (κ3) is 3.85. The summed E-state index contributed by atoms with van der Waals surface area (Å²) in [5.74, 6) is -1.14. The third-order valence-electron chi connectivity index (χ3n) is 5.23. The number of hydrogen-bond donors (Lipinski definition) is 1. The van der Waals surface area contributed by atoms with E-state index in [4.69, 9.17) is 16.3 Å². The molecule has 0 unspecified atom stereocenters. The lowest BCUT2D eigenvalue weighted by molar-refractivity contribution is -0.120. The van der Waals surface area contributed by atoms with Crippen LogP contribution in [0.2, 0.25) is 5.02 Å². The molecule has 1 aliphatic rings. The summed E-state index contributed by atoms with van der Waals surface area (Å²) in [4.78, 5) is 28.1. The number of amides is 2. The number of aryl methyl sites for hydroxylation is 2. The molecule has 0 radical (unpaired) electrons. The Balaban J connectivity index is 1.86. The van der Waals surface area contributed by atoms with Gasteiger partial charge in [0.25, 0.3) is 11.8 Å². The fourth-order valence-electron chi connectivity index (χ4n) is 3.54. The Bertz CT molecular complexity index is 1270. The van der Waals surface area contributed by atoms with Crippen LogP contribution in [0.25, 0.3) is 5.57 Å². The van der Waals surface area contributed by atoms with E-state index in [1.54, 1.807) is 24.3 Å². The molecule has 7 heteroatoms. The summed E-state index contributed by atoms with van der Waals surface area (Å²) in [7, 11) is 1.47.